The van der Waals surface area contributed by atoms with E-state index >= 15 is 0 Å². The number of halogens is 3. The van der Waals surface area contributed by atoms with Crippen LogP contribution in [0.2, 0.25) is 15.1 Å². The number of fused-ring (bicyclic) bond motifs is 5. The van der Waals surface area contributed by atoms with Gasteiger partial charge in [-0.05, 0) is 79.9 Å². The maximum Gasteiger partial charge on any atom is 0.150 e. The third-order valence-electron chi connectivity index (χ3n) is 5.60. The van der Waals surface area contributed by atoms with Gasteiger partial charge in [-0.25, -0.2) is 0 Å². The van der Waals surface area contributed by atoms with Crippen molar-refractivity contribution in [3.63, 3.8) is 0 Å². The molecule has 1 atom stereocenters. The van der Waals surface area contributed by atoms with Gasteiger partial charge in [0.1, 0.15) is 5.75 Å². The normalized spacial score (nSPS) is 18.3. The van der Waals surface area contributed by atoms with Crippen LogP contribution in [0.4, 0.5) is 5.69 Å². The highest BCUT2D eigenvalue weighted by molar-refractivity contribution is 6.34. The molecular formula is C25H20Cl3NO. The van der Waals surface area contributed by atoms with Gasteiger partial charge < -0.3 is 10.1 Å². The summed E-state index contributed by atoms with van der Waals surface area (Å²) in [6.45, 7) is 6.48. The summed E-state index contributed by atoms with van der Waals surface area (Å²) in [5, 5.41) is 5.48. The van der Waals surface area contributed by atoms with Crippen molar-refractivity contribution in [3.05, 3.63) is 86.4 Å². The van der Waals surface area contributed by atoms with Crippen LogP contribution in [0.15, 0.2) is 54.6 Å². The molecule has 5 heteroatoms. The fourth-order valence-electron chi connectivity index (χ4n) is 4.61. The van der Waals surface area contributed by atoms with Gasteiger partial charge in [-0.15, -0.1) is 0 Å². The molecule has 2 nitrogen and oxygen atoms in total. The van der Waals surface area contributed by atoms with E-state index in [9.17, 15) is 0 Å². The van der Waals surface area contributed by atoms with Crippen LogP contribution in [0, 0.1) is 0 Å². The monoisotopic (exact) mass is 455 g/mol. The Balaban J connectivity index is 1.82. The molecule has 1 unspecified atom stereocenters. The number of rotatable bonds is 1. The quantitative estimate of drug-likeness (QED) is 0.397. The van der Waals surface area contributed by atoms with E-state index in [1.807, 2.05) is 30.3 Å². The van der Waals surface area contributed by atoms with E-state index in [-0.39, 0.29) is 11.6 Å². The van der Waals surface area contributed by atoms with Gasteiger partial charge in [0.05, 0.1) is 5.54 Å². The summed E-state index contributed by atoms with van der Waals surface area (Å²) in [4.78, 5) is 0. The first-order valence-corrected chi connectivity index (χ1v) is 10.9. The zero-order valence-electron chi connectivity index (χ0n) is 16.8. The lowest BCUT2D eigenvalue weighted by molar-refractivity contribution is 0.243. The van der Waals surface area contributed by atoms with Gasteiger partial charge in [0, 0.05) is 37.4 Å². The zero-order valence-corrected chi connectivity index (χ0v) is 19.1. The Kier molecular flexibility index (Phi) is 4.59. The number of allylic oxidation sites excluding steroid dienone is 1. The SMILES string of the molecule is CC1=CC(C)(C)Nc2ccc3c(c21)C(c1cc(Cl)cc(Cl)c1)Oc1ccc(Cl)cc1-3. The standard InChI is InChI=1S/C25H20Cl3NO/c1-13-12-25(2,3)29-20-6-5-18-19-11-15(26)4-7-21(19)30-24(23(18)22(13)20)14-8-16(27)10-17(28)9-14/h4-12,24,29H,1-3H3. The molecule has 0 radical (unpaired) electrons. The van der Waals surface area contributed by atoms with Crippen LogP contribution in [0.5, 0.6) is 5.75 Å². The Labute approximate surface area is 191 Å². The number of hydrogen-bond acceptors (Lipinski definition) is 2. The molecule has 0 bridgehead atoms. The molecule has 3 aromatic rings. The molecule has 2 aliphatic rings. The van der Waals surface area contributed by atoms with Crippen LogP contribution >= 0.6 is 34.8 Å². The Hall–Kier alpha value is -2.13. The van der Waals surface area contributed by atoms with Crippen molar-refractivity contribution in [1.82, 2.24) is 0 Å². The van der Waals surface area contributed by atoms with Gasteiger partial charge in [-0.1, -0.05) is 46.9 Å². The van der Waals surface area contributed by atoms with Crippen LogP contribution in [-0.2, 0) is 0 Å². The molecule has 0 saturated carbocycles. The Bertz CT molecular complexity index is 1210. The molecule has 0 aliphatic carbocycles. The van der Waals surface area contributed by atoms with E-state index < -0.39 is 0 Å². The second-order valence-corrected chi connectivity index (χ2v) is 9.77. The highest BCUT2D eigenvalue weighted by Crippen LogP contribution is 2.51. The van der Waals surface area contributed by atoms with Crippen molar-refractivity contribution in [2.24, 2.45) is 0 Å². The van der Waals surface area contributed by atoms with Crippen molar-refractivity contribution < 1.29 is 4.74 Å². The number of hydrogen-bond donors (Lipinski definition) is 1. The van der Waals surface area contributed by atoms with Gasteiger partial charge >= 0.3 is 0 Å². The lowest BCUT2D eigenvalue weighted by Gasteiger charge is -2.37. The molecular weight excluding hydrogens is 437 g/mol. The first-order chi connectivity index (χ1) is 14.2. The summed E-state index contributed by atoms with van der Waals surface area (Å²) in [7, 11) is 0. The van der Waals surface area contributed by atoms with Crippen LogP contribution < -0.4 is 10.1 Å². The minimum absolute atomic E-state index is 0.128. The Morgan fingerprint density at radius 1 is 0.867 bits per heavy atom. The molecule has 0 amide bonds. The molecule has 0 spiro atoms. The second kappa shape index (κ2) is 6.95. The fourth-order valence-corrected chi connectivity index (χ4v) is 5.33. The molecule has 3 aromatic carbocycles. The van der Waals surface area contributed by atoms with E-state index in [2.05, 4.69) is 44.3 Å². The van der Waals surface area contributed by atoms with Gasteiger partial charge in [-0.2, -0.15) is 0 Å². The lowest BCUT2D eigenvalue weighted by atomic mass is 9.80. The van der Waals surface area contributed by atoms with Gasteiger partial charge in [0.2, 0.25) is 0 Å². The molecule has 152 valence electrons. The zero-order chi connectivity index (χ0) is 21.2. The number of nitrogens with one attached hydrogen (secondary N) is 1. The van der Waals surface area contributed by atoms with Gasteiger partial charge in [-0.3, -0.25) is 0 Å². The maximum absolute atomic E-state index is 6.54. The summed E-state index contributed by atoms with van der Waals surface area (Å²) < 4.78 is 6.54. The highest BCUT2D eigenvalue weighted by atomic mass is 35.5. The van der Waals surface area contributed by atoms with Crippen LogP contribution in [0.1, 0.15) is 43.6 Å². The molecule has 0 fully saturated rings. The summed E-state index contributed by atoms with van der Waals surface area (Å²) in [6, 6.07) is 15.6. The Morgan fingerprint density at radius 2 is 1.60 bits per heavy atom. The van der Waals surface area contributed by atoms with Crippen LogP contribution in [-0.4, -0.2) is 5.54 Å². The molecule has 5 rings (SSSR count). The maximum atomic E-state index is 6.54. The minimum atomic E-state index is -0.341. The van der Waals surface area contributed by atoms with Gasteiger partial charge in [0.25, 0.3) is 0 Å². The Morgan fingerprint density at radius 3 is 2.33 bits per heavy atom. The van der Waals surface area contributed by atoms with Crippen LogP contribution in [0.3, 0.4) is 0 Å². The fraction of sp³-hybridized carbons (Fsp3) is 0.200. The number of benzene rings is 3. The second-order valence-electron chi connectivity index (χ2n) is 8.46. The van der Waals surface area contributed by atoms with Gasteiger partial charge in [0.15, 0.2) is 6.10 Å². The van der Waals surface area contributed by atoms with Crippen molar-refractivity contribution in [2.75, 3.05) is 5.32 Å². The summed E-state index contributed by atoms with van der Waals surface area (Å²) in [5.41, 5.74) is 7.42. The van der Waals surface area contributed by atoms with E-state index in [1.54, 1.807) is 6.07 Å². The van der Waals surface area contributed by atoms with E-state index in [1.165, 1.54) is 5.57 Å². The van der Waals surface area contributed by atoms with E-state index in [4.69, 9.17) is 39.5 Å². The van der Waals surface area contributed by atoms with E-state index in [0.29, 0.717) is 15.1 Å². The van der Waals surface area contributed by atoms with Crippen molar-refractivity contribution >= 4 is 46.1 Å². The van der Waals surface area contributed by atoms with Crippen molar-refractivity contribution in [3.8, 4) is 16.9 Å². The average molecular weight is 457 g/mol. The number of anilines is 1. The first kappa shape index (κ1) is 19.8. The minimum Gasteiger partial charge on any atom is -0.480 e. The van der Waals surface area contributed by atoms with E-state index in [0.717, 1.165) is 39.3 Å². The highest BCUT2D eigenvalue weighted by Gasteiger charge is 2.34. The summed E-state index contributed by atoms with van der Waals surface area (Å²) in [6.07, 6.45) is 1.91. The third kappa shape index (κ3) is 3.28. The predicted octanol–water partition coefficient (Wildman–Crippen LogP) is 8.40. The molecule has 2 aliphatic heterocycles. The van der Waals surface area contributed by atoms with Crippen LogP contribution in [0.25, 0.3) is 16.7 Å². The predicted molar refractivity (Wildman–Crippen MR) is 127 cm³/mol. The molecule has 1 N–H and O–H groups in total. The summed E-state index contributed by atoms with van der Waals surface area (Å²) in [5.74, 6) is 0.790. The topological polar surface area (TPSA) is 21.3 Å². The lowest BCUT2D eigenvalue weighted by Crippen LogP contribution is -2.32. The first-order valence-electron chi connectivity index (χ1n) is 9.79. The van der Waals surface area contributed by atoms with Crippen molar-refractivity contribution in [1.29, 1.82) is 0 Å². The average Bonchev–Trinajstić information content (AvgIpc) is 2.65. The largest absolute Gasteiger partial charge is 0.480 e. The van der Waals surface area contributed by atoms with Crippen molar-refractivity contribution in [2.45, 2.75) is 32.4 Å². The molecule has 30 heavy (non-hydrogen) atoms. The number of ether oxygens (including phenoxy) is 1. The third-order valence-corrected chi connectivity index (χ3v) is 6.27. The summed E-state index contributed by atoms with van der Waals surface area (Å²) >= 11 is 19.0. The molecule has 2 heterocycles. The smallest absolute Gasteiger partial charge is 0.150 e. The molecule has 0 aromatic heterocycles. The molecule has 0 saturated heterocycles.